The largest absolute Gasteiger partial charge is 0.395 e. The minimum Gasteiger partial charge on any atom is -0.395 e. The van der Waals surface area contributed by atoms with Crippen molar-refractivity contribution < 1.29 is 9.84 Å². The fraction of sp³-hybridized carbons (Fsp3) is 1.00. The topological polar surface area (TPSA) is 58.7 Å². The van der Waals surface area contributed by atoms with Crippen LogP contribution in [0.5, 0.6) is 0 Å². The molecule has 0 amide bonds. The average Bonchev–Trinajstić information content (AvgIpc) is 2.39. The Labute approximate surface area is 86.0 Å². The van der Waals surface area contributed by atoms with Gasteiger partial charge in [0, 0.05) is 25.7 Å². The van der Waals surface area contributed by atoms with Crippen molar-refractivity contribution in [3.05, 3.63) is 0 Å². The first-order valence-electron chi connectivity index (χ1n) is 5.42. The van der Waals surface area contributed by atoms with E-state index in [1.54, 1.807) is 0 Å². The highest BCUT2D eigenvalue weighted by Gasteiger charge is 2.15. The van der Waals surface area contributed by atoms with Gasteiger partial charge in [-0.15, -0.1) is 0 Å². The summed E-state index contributed by atoms with van der Waals surface area (Å²) in [4.78, 5) is 2.37. The molecule has 3 N–H and O–H groups in total. The molecule has 0 bridgehead atoms. The number of nitrogens with two attached hydrogens (primary N) is 1. The van der Waals surface area contributed by atoms with Crippen LogP contribution in [0.1, 0.15) is 19.8 Å². The molecule has 4 heteroatoms. The van der Waals surface area contributed by atoms with Crippen molar-refractivity contribution in [1.29, 1.82) is 0 Å². The van der Waals surface area contributed by atoms with E-state index >= 15 is 0 Å². The zero-order chi connectivity index (χ0) is 10.4. The van der Waals surface area contributed by atoms with Gasteiger partial charge in [-0.25, -0.2) is 0 Å². The van der Waals surface area contributed by atoms with Crippen molar-refractivity contribution >= 4 is 0 Å². The molecule has 2 unspecified atom stereocenters. The van der Waals surface area contributed by atoms with Gasteiger partial charge in [0.2, 0.25) is 0 Å². The third-order valence-corrected chi connectivity index (χ3v) is 2.59. The van der Waals surface area contributed by atoms with E-state index in [0.717, 1.165) is 39.1 Å². The van der Waals surface area contributed by atoms with Crippen molar-refractivity contribution in [3.8, 4) is 0 Å². The molecule has 1 aliphatic heterocycles. The smallest absolute Gasteiger partial charge is 0.0673 e. The number of aliphatic hydroxyl groups excluding tert-OH is 1. The Bertz CT molecular complexity index is 155. The number of rotatable bonds is 4. The minimum atomic E-state index is -0.0746. The Morgan fingerprint density at radius 1 is 1.64 bits per heavy atom. The summed E-state index contributed by atoms with van der Waals surface area (Å²) in [7, 11) is 0. The fourth-order valence-electron chi connectivity index (χ4n) is 1.72. The fourth-order valence-corrected chi connectivity index (χ4v) is 1.72. The highest BCUT2D eigenvalue weighted by molar-refractivity contribution is 4.69. The van der Waals surface area contributed by atoms with E-state index in [4.69, 9.17) is 15.6 Å². The van der Waals surface area contributed by atoms with Crippen LogP contribution in [0.2, 0.25) is 0 Å². The second-order valence-electron chi connectivity index (χ2n) is 4.07. The first kappa shape index (κ1) is 11.9. The molecule has 0 radical (unpaired) electrons. The van der Waals surface area contributed by atoms with Gasteiger partial charge >= 0.3 is 0 Å². The second kappa shape index (κ2) is 6.35. The van der Waals surface area contributed by atoms with Gasteiger partial charge in [0.05, 0.1) is 12.7 Å². The Morgan fingerprint density at radius 3 is 3.14 bits per heavy atom. The molecule has 0 saturated carbocycles. The highest BCUT2D eigenvalue weighted by Crippen LogP contribution is 2.06. The standard InChI is InChI=1S/C10H22N2O2/c1-9-7-12(4-2-6-14-9)5-3-10(11)8-13/h9-10,13H,2-8,11H2,1H3. The molecule has 4 nitrogen and oxygen atoms in total. The Hall–Kier alpha value is -0.160. The van der Waals surface area contributed by atoms with Gasteiger partial charge in [0.15, 0.2) is 0 Å². The quantitative estimate of drug-likeness (QED) is 0.663. The Kier molecular flexibility index (Phi) is 5.40. The lowest BCUT2D eigenvalue weighted by atomic mass is 10.2. The van der Waals surface area contributed by atoms with Crippen molar-refractivity contribution in [2.45, 2.75) is 31.9 Å². The molecule has 1 heterocycles. The molecule has 14 heavy (non-hydrogen) atoms. The molecular weight excluding hydrogens is 180 g/mol. The zero-order valence-electron chi connectivity index (χ0n) is 8.98. The van der Waals surface area contributed by atoms with Gasteiger partial charge in [-0.1, -0.05) is 0 Å². The van der Waals surface area contributed by atoms with Gasteiger partial charge in [0.25, 0.3) is 0 Å². The van der Waals surface area contributed by atoms with Gasteiger partial charge < -0.3 is 20.5 Å². The van der Waals surface area contributed by atoms with Crippen LogP contribution in [-0.4, -0.2) is 55.0 Å². The molecule has 84 valence electrons. The van der Waals surface area contributed by atoms with Crippen LogP contribution < -0.4 is 5.73 Å². The predicted octanol–water partition coefficient (Wildman–Crippen LogP) is -0.193. The summed E-state index contributed by atoms with van der Waals surface area (Å²) >= 11 is 0. The average molecular weight is 202 g/mol. The van der Waals surface area contributed by atoms with Crippen molar-refractivity contribution in [1.82, 2.24) is 4.90 Å². The van der Waals surface area contributed by atoms with Crippen LogP contribution in [0.25, 0.3) is 0 Å². The number of hydrogen-bond donors (Lipinski definition) is 2. The lowest BCUT2D eigenvalue weighted by Crippen LogP contribution is -2.35. The number of nitrogens with zero attached hydrogens (tertiary/aromatic N) is 1. The maximum Gasteiger partial charge on any atom is 0.0673 e. The summed E-state index contributed by atoms with van der Waals surface area (Å²) in [5.41, 5.74) is 5.66. The van der Waals surface area contributed by atoms with E-state index in [0.29, 0.717) is 6.10 Å². The molecule has 1 saturated heterocycles. The maximum atomic E-state index is 8.80. The molecule has 1 rings (SSSR count). The van der Waals surface area contributed by atoms with Gasteiger partial charge in [0.1, 0.15) is 0 Å². The normalized spacial score (nSPS) is 27.2. The predicted molar refractivity (Wildman–Crippen MR) is 56.1 cm³/mol. The first-order chi connectivity index (χ1) is 6.72. The zero-order valence-corrected chi connectivity index (χ0v) is 8.98. The van der Waals surface area contributed by atoms with Gasteiger partial charge in [-0.2, -0.15) is 0 Å². The molecule has 1 aliphatic rings. The van der Waals surface area contributed by atoms with Crippen LogP contribution >= 0.6 is 0 Å². The summed E-state index contributed by atoms with van der Waals surface area (Å²) < 4.78 is 5.54. The lowest BCUT2D eigenvalue weighted by molar-refractivity contribution is 0.0671. The summed E-state index contributed by atoms with van der Waals surface area (Å²) in [5, 5.41) is 8.80. The van der Waals surface area contributed by atoms with E-state index < -0.39 is 0 Å². The van der Waals surface area contributed by atoms with Crippen molar-refractivity contribution in [3.63, 3.8) is 0 Å². The van der Waals surface area contributed by atoms with Crippen LogP contribution in [0.4, 0.5) is 0 Å². The van der Waals surface area contributed by atoms with E-state index in [9.17, 15) is 0 Å². The van der Waals surface area contributed by atoms with E-state index in [1.165, 1.54) is 0 Å². The molecule has 0 aromatic rings. The van der Waals surface area contributed by atoms with E-state index in [-0.39, 0.29) is 12.6 Å². The number of hydrogen-bond acceptors (Lipinski definition) is 4. The summed E-state index contributed by atoms with van der Waals surface area (Å²) in [6, 6.07) is -0.0746. The maximum absolute atomic E-state index is 8.80. The lowest BCUT2D eigenvalue weighted by Gasteiger charge is -2.22. The van der Waals surface area contributed by atoms with Crippen molar-refractivity contribution in [2.24, 2.45) is 5.73 Å². The monoisotopic (exact) mass is 202 g/mol. The van der Waals surface area contributed by atoms with Gasteiger partial charge in [-0.3, -0.25) is 0 Å². The Balaban J connectivity index is 2.21. The van der Waals surface area contributed by atoms with Crippen LogP contribution in [-0.2, 0) is 4.74 Å². The highest BCUT2D eigenvalue weighted by atomic mass is 16.5. The third kappa shape index (κ3) is 4.37. The Morgan fingerprint density at radius 2 is 2.43 bits per heavy atom. The molecule has 2 atom stereocenters. The summed E-state index contributed by atoms with van der Waals surface area (Å²) in [6.07, 6.45) is 2.28. The summed E-state index contributed by atoms with van der Waals surface area (Å²) in [6.45, 7) is 6.09. The van der Waals surface area contributed by atoms with Crippen molar-refractivity contribution in [2.75, 3.05) is 32.8 Å². The van der Waals surface area contributed by atoms with Crippen LogP contribution in [0.3, 0.4) is 0 Å². The first-order valence-corrected chi connectivity index (χ1v) is 5.42. The summed E-state index contributed by atoms with van der Waals surface area (Å²) in [5.74, 6) is 0. The van der Waals surface area contributed by atoms with Crippen LogP contribution in [0, 0.1) is 0 Å². The molecular formula is C10H22N2O2. The minimum absolute atomic E-state index is 0.0746. The van der Waals surface area contributed by atoms with Crippen LogP contribution in [0.15, 0.2) is 0 Å². The SMILES string of the molecule is CC1CN(CCC(N)CO)CCCO1. The molecule has 1 fully saturated rings. The molecule has 0 aliphatic carbocycles. The number of ether oxygens (including phenoxy) is 1. The molecule has 0 aromatic heterocycles. The van der Waals surface area contributed by atoms with E-state index in [2.05, 4.69) is 11.8 Å². The third-order valence-electron chi connectivity index (χ3n) is 2.59. The second-order valence-corrected chi connectivity index (χ2v) is 4.07. The number of aliphatic hydroxyl groups is 1. The molecule has 0 aromatic carbocycles. The molecule has 0 spiro atoms. The van der Waals surface area contributed by atoms with Gasteiger partial charge in [-0.05, 0) is 26.3 Å². The van der Waals surface area contributed by atoms with E-state index in [1.807, 2.05) is 0 Å².